The molecule has 0 radical (unpaired) electrons. The fourth-order valence-corrected chi connectivity index (χ4v) is 2.86. The summed E-state index contributed by atoms with van der Waals surface area (Å²) in [4.78, 5) is 16.5. The smallest absolute Gasteiger partial charge is 0.250 e. The zero-order valence-electron chi connectivity index (χ0n) is 16.7. The zero-order chi connectivity index (χ0) is 19.5. The van der Waals surface area contributed by atoms with Crippen LogP contribution in [0.4, 0.5) is 0 Å². The molecule has 146 valence electrons. The van der Waals surface area contributed by atoms with E-state index < -0.39 is 0 Å². The molecule has 2 aromatic rings. The van der Waals surface area contributed by atoms with E-state index in [2.05, 4.69) is 55.7 Å². The van der Waals surface area contributed by atoms with E-state index in [4.69, 9.17) is 4.99 Å². The first-order valence-electron chi connectivity index (χ1n) is 9.76. The average Bonchev–Trinajstić information content (AvgIpc) is 2.68. The van der Waals surface area contributed by atoms with Gasteiger partial charge in [-0.15, -0.1) is 0 Å². The Hall–Kier alpha value is -2.56. The van der Waals surface area contributed by atoms with Crippen LogP contribution in [0.5, 0.6) is 0 Å². The lowest BCUT2D eigenvalue weighted by atomic mass is 9.85. The first kappa shape index (κ1) is 20.7. The van der Waals surface area contributed by atoms with Crippen molar-refractivity contribution < 1.29 is 0 Å². The second-order valence-electron chi connectivity index (χ2n) is 7.31. The highest BCUT2D eigenvalue weighted by Crippen LogP contribution is 2.22. The van der Waals surface area contributed by atoms with Crippen LogP contribution in [-0.4, -0.2) is 30.2 Å². The Morgan fingerprint density at radius 1 is 1.04 bits per heavy atom. The Kier molecular flexibility index (Phi) is 8.11. The number of aryl methyl sites for hydroxylation is 1. The number of benzene rings is 1. The molecular weight excluding hydrogens is 336 g/mol. The highest BCUT2D eigenvalue weighted by molar-refractivity contribution is 5.79. The van der Waals surface area contributed by atoms with Crippen molar-refractivity contribution in [2.24, 2.45) is 4.99 Å². The summed E-state index contributed by atoms with van der Waals surface area (Å²) < 4.78 is 1.75. The van der Waals surface area contributed by atoms with Crippen LogP contribution in [-0.2, 0) is 12.0 Å². The molecule has 0 spiro atoms. The SMILES string of the molecule is CCNC(=NCC(C)(C)c1ccccc1)NCCCCn1ccccc1=O. The van der Waals surface area contributed by atoms with Crippen molar-refractivity contribution in [3.63, 3.8) is 0 Å². The predicted molar refractivity (Wildman–Crippen MR) is 113 cm³/mol. The molecule has 0 aliphatic rings. The van der Waals surface area contributed by atoms with Crippen molar-refractivity contribution in [3.05, 3.63) is 70.6 Å². The molecule has 0 bridgehead atoms. The summed E-state index contributed by atoms with van der Waals surface area (Å²) in [5.74, 6) is 0.846. The number of pyridine rings is 1. The van der Waals surface area contributed by atoms with E-state index >= 15 is 0 Å². The molecule has 5 nitrogen and oxygen atoms in total. The van der Waals surface area contributed by atoms with Crippen LogP contribution in [0.15, 0.2) is 64.5 Å². The Balaban J connectivity index is 1.81. The molecule has 5 heteroatoms. The van der Waals surface area contributed by atoms with Crippen molar-refractivity contribution in [1.82, 2.24) is 15.2 Å². The highest BCUT2D eigenvalue weighted by Gasteiger charge is 2.19. The lowest BCUT2D eigenvalue weighted by Gasteiger charge is -2.24. The van der Waals surface area contributed by atoms with E-state index in [9.17, 15) is 4.79 Å². The monoisotopic (exact) mass is 368 g/mol. The van der Waals surface area contributed by atoms with Gasteiger partial charge in [0.25, 0.3) is 0 Å². The number of rotatable bonds is 9. The normalized spacial score (nSPS) is 12.0. The largest absolute Gasteiger partial charge is 0.357 e. The van der Waals surface area contributed by atoms with Crippen LogP contribution >= 0.6 is 0 Å². The quantitative estimate of drug-likeness (QED) is 0.406. The van der Waals surface area contributed by atoms with Gasteiger partial charge in [0.15, 0.2) is 5.96 Å². The molecule has 2 N–H and O–H groups in total. The molecule has 1 heterocycles. The van der Waals surface area contributed by atoms with E-state index in [-0.39, 0.29) is 11.0 Å². The van der Waals surface area contributed by atoms with E-state index in [1.807, 2.05) is 18.3 Å². The molecule has 1 aromatic carbocycles. The standard InChI is InChI=1S/C22H32N4O/c1-4-23-21(25-18-22(2,3)19-12-6-5-7-13-19)24-15-9-11-17-26-16-10-8-14-20(26)27/h5-8,10,12-14,16H,4,9,11,15,17-18H2,1-3H3,(H2,23,24,25). The fraction of sp³-hybridized carbons (Fsp3) is 0.455. The van der Waals surface area contributed by atoms with Gasteiger partial charge in [0.2, 0.25) is 5.56 Å². The summed E-state index contributed by atoms with van der Waals surface area (Å²) >= 11 is 0. The second kappa shape index (κ2) is 10.6. The van der Waals surface area contributed by atoms with Crippen molar-refractivity contribution >= 4 is 5.96 Å². The van der Waals surface area contributed by atoms with E-state index in [1.165, 1.54) is 5.56 Å². The van der Waals surface area contributed by atoms with E-state index in [0.29, 0.717) is 6.54 Å². The summed E-state index contributed by atoms with van der Waals surface area (Å²) in [7, 11) is 0. The molecule has 0 aliphatic carbocycles. The summed E-state index contributed by atoms with van der Waals surface area (Å²) in [6, 6.07) is 15.8. The van der Waals surface area contributed by atoms with Crippen molar-refractivity contribution in [3.8, 4) is 0 Å². The Bertz CT molecular complexity index is 765. The number of nitrogens with zero attached hydrogens (tertiary/aromatic N) is 2. The Morgan fingerprint density at radius 3 is 2.48 bits per heavy atom. The third-order valence-electron chi connectivity index (χ3n) is 4.55. The maximum atomic E-state index is 11.7. The molecule has 1 aromatic heterocycles. The molecule has 0 saturated heterocycles. The summed E-state index contributed by atoms with van der Waals surface area (Å²) in [5.41, 5.74) is 1.33. The lowest BCUT2D eigenvalue weighted by Crippen LogP contribution is -2.39. The number of aromatic nitrogens is 1. The molecule has 0 amide bonds. The molecule has 0 aliphatic heterocycles. The summed E-state index contributed by atoms with van der Waals surface area (Å²) in [5, 5.41) is 6.71. The third-order valence-corrected chi connectivity index (χ3v) is 4.55. The molecular formula is C22H32N4O. The van der Waals surface area contributed by atoms with Gasteiger partial charge in [-0.3, -0.25) is 9.79 Å². The van der Waals surface area contributed by atoms with E-state index in [1.54, 1.807) is 16.7 Å². The second-order valence-corrected chi connectivity index (χ2v) is 7.31. The van der Waals surface area contributed by atoms with Gasteiger partial charge in [-0.2, -0.15) is 0 Å². The number of nitrogens with one attached hydrogen (secondary N) is 2. The van der Waals surface area contributed by atoms with Gasteiger partial charge >= 0.3 is 0 Å². The summed E-state index contributed by atoms with van der Waals surface area (Å²) in [6.45, 7) is 9.62. The Morgan fingerprint density at radius 2 is 1.78 bits per heavy atom. The van der Waals surface area contributed by atoms with Crippen LogP contribution in [0.3, 0.4) is 0 Å². The predicted octanol–water partition coefficient (Wildman–Crippen LogP) is 3.16. The molecule has 27 heavy (non-hydrogen) atoms. The van der Waals surface area contributed by atoms with Crippen molar-refractivity contribution in [2.75, 3.05) is 19.6 Å². The van der Waals surface area contributed by atoms with Crippen LogP contribution in [0.2, 0.25) is 0 Å². The van der Waals surface area contributed by atoms with Gasteiger partial charge in [0.1, 0.15) is 0 Å². The summed E-state index contributed by atoms with van der Waals surface area (Å²) in [6.07, 6.45) is 3.77. The number of aliphatic imine (C=N–C) groups is 1. The van der Waals surface area contributed by atoms with Gasteiger partial charge in [-0.1, -0.05) is 50.2 Å². The maximum Gasteiger partial charge on any atom is 0.250 e. The van der Waals surface area contributed by atoms with Gasteiger partial charge in [-0.25, -0.2) is 0 Å². The minimum absolute atomic E-state index is 0.0158. The van der Waals surface area contributed by atoms with Crippen LogP contribution in [0.1, 0.15) is 39.2 Å². The van der Waals surface area contributed by atoms with Crippen LogP contribution in [0, 0.1) is 0 Å². The highest BCUT2D eigenvalue weighted by atomic mass is 16.1. The van der Waals surface area contributed by atoms with Crippen molar-refractivity contribution in [2.45, 2.75) is 45.6 Å². The first-order valence-corrected chi connectivity index (χ1v) is 9.76. The Labute approximate surface area is 162 Å². The average molecular weight is 369 g/mol. The van der Waals surface area contributed by atoms with Crippen molar-refractivity contribution in [1.29, 1.82) is 0 Å². The molecule has 0 unspecified atom stereocenters. The molecule has 0 atom stereocenters. The third kappa shape index (κ3) is 6.93. The van der Waals surface area contributed by atoms with Crippen LogP contribution in [0.25, 0.3) is 0 Å². The zero-order valence-corrected chi connectivity index (χ0v) is 16.7. The number of guanidine groups is 1. The van der Waals surface area contributed by atoms with Crippen LogP contribution < -0.4 is 16.2 Å². The minimum Gasteiger partial charge on any atom is -0.357 e. The number of hydrogen-bond acceptors (Lipinski definition) is 2. The van der Waals surface area contributed by atoms with Gasteiger partial charge in [-0.05, 0) is 31.4 Å². The van der Waals surface area contributed by atoms with Gasteiger partial charge in [0, 0.05) is 37.3 Å². The lowest BCUT2D eigenvalue weighted by molar-refractivity contribution is 0.536. The van der Waals surface area contributed by atoms with Gasteiger partial charge in [0.05, 0.1) is 6.54 Å². The number of unbranched alkanes of at least 4 members (excludes halogenated alkanes) is 1. The molecule has 0 fully saturated rings. The number of hydrogen-bond donors (Lipinski definition) is 2. The van der Waals surface area contributed by atoms with E-state index in [0.717, 1.165) is 38.4 Å². The molecule has 0 saturated carbocycles. The molecule has 2 rings (SSSR count). The minimum atomic E-state index is -0.0158. The topological polar surface area (TPSA) is 58.4 Å². The maximum absolute atomic E-state index is 11.7. The first-order chi connectivity index (χ1) is 13.0. The van der Waals surface area contributed by atoms with Gasteiger partial charge < -0.3 is 15.2 Å². The fourth-order valence-electron chi connectivity index (χ4n) is 2.86.